The standard InChI is InChI=1S/C24H26F2N4O3/c1-14(27-23(33)21(31)15-9-17(25)11-18(26)10-15)22(32)28-20-12-19(29-30-20)13-24(2,3)16-7-5-4-6-8-16/h4-12,14,21,31H,13H2,1-3H3,(H,27,33)(H2,28,29,30,32)/t14-,21-/m0/s1. The third-order valence-electron chi connectivity index (χ3n) is 5.27. The van der Waals surface area contributed by atoms with E-state index in [9.17, 15) is 23.5 Å². The Bertz CT molecular complexity index is 1110. The number of carbonyl (C=O) groups excluding carboxylic acids is 2. The van der Waals surface area contributed by atoms with Gasteiger partial charge >= 0.3 is 0 Å². The van der Waals surface area contributed by atoms with Gasteiger partial charge in [-0.1, -0.05) is 44.2 Å². The molecule has 0 aliphatic carbocycles. The number of nitrogens with zero attached hydrogens (tertiary/aromatic N) is 1. The number of aromatic amines is 1. The van der Waals surface area contributed by atoms with E-state index < -0.39 is 35.6 Å². The van der Waals surface area contributed by atoms with E-state index in [2.05, 4.69) is 46.8 Å². The van der Waals surface area contributed by atoms with Crippen molar-refractivity contribution in [2.45, 2.75) is 44.8 Å². The summed E-state index contributed by atoms with van der Waals surface area (Å²) in [6, 6.07) is 13.0. The zero-order valence-corrected chi connectivity index (χ0v) is 18.5. The lowest BCUT2D eigenvalue weighted by atomic mass is 9.80. The lowest BCUT2D eigenvalue weighted by Gasteiger charge is -2.24. The second-order valence-corrected chi connectivity index (χ2v) is 8.53. The maximum absolute atomic E-state index is 13.3. The number of benzene rings is 2. The molecule has 0 radical (unpaired) electrons. The Hall–Kier alpha value is -3.59. The van der Waals surface area contributed by atoms with Crippen LogP contribution in [0.5, 0.6) is 0 Å². The first kappa shape index (κ1) is 24.1. The average molecular weight is 456 g/mol. The van der Waals surface area contributed by atoms with E-state index in [1.807, 2.05) is 18.2 Å². The van der Waals surface area contributed by atoms with Crippen LogP contribution in [-0.2, 0) is 21.4 Å². The Balaban J connectivity index is 1.58. The van der Waals surface area contributed by atoms with Crippen molar-refractivity contribution in [1.82, 2.24) is 15.5 Å². The molecular weight excluding hydrogens is 430 g/mol. The molecule has 2 amide bonds. The van der Waals surface area contributed by atoms with Crippen LogP contribution in [0, 0.1) is 11.6 Å². The highest BCUT2D eigenvalue weighted by Gasteiger charge is 2.25. The van der Waals surface area contributed by atoms with Crippen LogP contribution < -0.4 is 10.6 Å². The number of H-pyrrole nitrogens is 1. The number of hydrogen-bond acceptors (Lipinski definition) is 4. The molecule has 0 saturated carbocycles. The van der Waals surface area contributed by atoms with E-state index in [1.165, 1.54) is 12.5 Å². The molecule has 0 aliphatic rings. The van der Waals surface area contributed by atoms with E-state index in [0.29, 0.717) is 12.5 Å². The number of halogens is 2. The molecule has 0 saturated heterocycles. The first-order valence-corrected chi connectivity index (χ1v) is 10.4. The third kappa shape index (κ3) is 6.23. The molecule has 0 fully saturated rings. The highest BCUT2D eigenvalue weighted by molar-refractivity contribution is 5.97. The Labute approximate surface area is 190 Å². The Morgan fingerprint density at radius 2 is 1.70 bits per heavy atom. The van der Waals surface area contributed by atoms with Crippen LogP contribution in [0.25, 0.3) is 0 Å². The molecule has 174 valence electrons. The maximum atomic E-state index is 13.3. The summed E-state index contributed by atoms with van der Waals surface area (Å²) < 4.78 is 26.7. The number of carbonyl (C=O) groups is 2. The van der Waals surface area contributed by atoms with Gasteiger partial charge < -0.3 is 15.7 Å². The summed E-state index contributed by atoms with van der Waals surface area (Å²) in [6.45, 7) is 5.63. The molecule has 33 heavy (non-hydrogen) atoms. The molecule has 2 aromatic carbocycles. The van der Waals surface area contributed by atoms with Gasteiger partial charge in [-0.3, -0.25) is 14.7 Å². The number of amides is 2. The topological polar surface area (TPSA) is 107 Å². The van der Waals surface area contributed by atoms with Crippen molar-refractivity contribution in [3.05, 3.63) is 83.1 Å². The van der Waals surface area contributed by atoms with Gasteiger partial charge in [0.05, 0.1) is 0 Å². The van der Waals surface area contributed by atoms with Gasteiger partial charge in [0.25, 0.3) is 5.91 Å². The van der Waals surface area contributed by atoms with Gasteiger partial charge in [0.1, 0.15) is 17.7 Å². The van der Waals surface area contributed by atoms with Crippen molar-refractivity contribution in [2.24, 2.45) is 0 Å². The molecule has 9 heteroatoms. The van der Waals surface area contributed by atoms with Gasteiger partial charge in [0.2, 0.25) is 5.91 Å². The number of rotatable bonds is 8. The van der Waals surface area contributed by atoms with Gasteiger partial charge in [-0.15, -0.1) is 0 Å². The van der Waals surface area contributed by atoms with E-state index in [-0.39, 0.29) is 16.8 Å². The van der Waals surface area contributed by atoms with Crippen LogP contribution in [-0.4, -0.2) is 33.2 Å². The summed E-state index contributed by atoms with van der Waals surface area (Å²) in [7, 11) is 0. The molecule has 4 N–H and O–H groups in total. The first-order chi connectivity index (χ1) is 15.5. The molecule has 7 nitrogen and oxygen atoms in total. The number of aliphatic hydroxyl groups excluding tert-OH is 1. The van der Waals surface area contributed by atoms with Crippen LogP contribution in [0.15, 0.2) is 54.6 Å². The van der Waals surface area contributed by atoms with E-state index in [4.69, 9.17) is 0 Å². The van der Waals surface area contributed by atoms with Gasteiger partial charge in [0, 0.05) is 17.8 Å². The molecule has 1 heterocycles. The van der Waals surface area contributed by atoms with Crippen molar-refractivity contribution in [3.8, 4) is 0 Å². The predicted molar refractivity (Wildman–Crippen MR) is 119 cm³/mol. The predicted octanol–water partition coefficient (Wildman–Crippen LogP) is 3.39. The third-order valence-corrected chi connectivity index (χ3v) is 5.27. The Morgan fingerprint density at radius 3 is 2.33 bits per heavy atom. The van der Waals surface area contributed by atoms with Crippen molar-refractivity contribution in [1.29, 1.82) is 0 Å². The monoisotopic (exact) mass is 456 g/mol. The molecule has 2 atom stereocenters. The number of anilines is 1. The van der Waals surface area contributed by atoms with Gasteiger partial charge in [0.15, 0.2) is 11.9 Å². The van der Waals surface area contributed by atoms with E-state index in [0.717, 1.165) is 17.8 Å². The first-order valence-electron chi connectivity index (χ1n) is 10.4. The van der Waals surface area contributed by atoms with Crippen LogP contribution in [0.4, 0.5) is 14.6 Å². The van der Waals surface area contributed by atoms with Crippen LogP contribution in [0.1, 0.15) is 43.7 Å². The minimum Gasteiger partial charge on any atom is -0.378 e. The summed E-state index contributed by atoms with van der Waals surface area (Å²) in [5, 5.41) is 22.0. The largest absolute Gasteiger partial charge is 0.378 e. The fourth-order valence-corrected chi connectivity index (χ4v) is 3.46. The molecule has 3 aromatic rings. The lowest BCUT2D eigenvalue weighted by molar-refractivity contribution is -0.132. The summed E-state index contributed by atoms with van der Waals surface area (Å²) in [6.07, 6.45) is -1.18. The molecule has 0 spiro atoms. The number of aliphatic hydroxyl groups is 1. The molecular formula is C24H26F2N4O3. The van der Waals surface area contributed by atoms with Crippen molar-refractivity contribution >= 4 is 17.6 Å². The highest BCUT2D eigenvalue weighted by atomic mass is 19.1. The average Bonchev–Trinajstić information content (AvgIpc) is 3.18. The fourth-order valence-electron chi connectivity index (χ4n) is 3.46. The van der Waals surface area contributed by atoms with Crippen LogP contribution in [0.2, 0.25) is 0 Å². The van der Waals surface area contributed by atoms with Crippen molar-refractivity contribution in [2.75, 3.05) is 5.32 Å². The van der Waals surface area contributed by atoms with Gasteiger partial charge in [-0.2, -0.15) is 5.10 Å². The number of aromatic nitrogens is 2. The minimum atomic E-state index is -1.83. The highest BCUT2D eigenvalue weighted by Crippen LogP contribution is 2.27. The number of nitrogens with one attached hydrogen (secondary N) is 3. The minimum absolute atomic E-state index is 0.164. The normalized spacial score (nSPS) is 13.3. The SMILES string of the molecule is C[C@H](NC(=O)[C@@H](O)c1cc(F)cc(F)c1)C(=O)Nc1cc(CC(C)(C)c2ccccc2)[nH]n1. The van der Waals surface area contributed by atoms with E-state index in [1.54, 1.807) is 6.07 Å². The molecule has 0 bridgehead atoms. The quantitative estimate of drug-likeness (QED) is 0.417. The smallest absolute Gasteiger partial charge is 0.254 e. The van der Waals surface area contributed by atoms with Crippen molar-refractivity contribution < 1.29 is 23.5 Å². The summed E-state index contributed by atoms with van der Waals surface area (Å²) >= 11 is 0. The van der Waals surface area contributed by atoms with Gasteiger partial charge in [-0.05, 0) is 42.0 Å². The second kappa shape index (κ2) is 9.91. The zero-order valence-electron chi connectivity index (χ0n) is 18.5. The lowest BCUT2D eigenvalue weighted by Crippen LogP contribution is -2.43. The molecule has 0 unspecified atom stereocenters. The Kier molecular flexibility index (Phi) is 7.23. The molecule has 0 aliphatic heterocycles. The maximum Gasteiger partial charge on any atom is 0.254 e. The molecule has 1 aromatic heterocycles. The van der Waals surface area contributed by atoms with E-state index >= 15 is 0 Å². The van der Waals surface area contributed by atoms with Crippen LogP contribution >= 0.6 is 0 Å². The van der Waals surface area contributed by atoms with Gasteiger partial charge in [-0.25, -0.2) is 8.78 Å². The number of hydrogen-bond donors (Lipinski definition) is 4. The molecule has 3 rings (SSSR count). The fraction of sp³-hybridized carbons (Fsp3) is 0.292. The zero-order chi connectivity index (χ0) is 24.2. The summed E-state index contributed by atoms with van der Waals surface area (Å²) in [5.74, 6) is -3.09. The Morgan fingerprint density at radius 1 is 1.06 bits per heavy atom. The second-order valence-electron chi connectivity index (χ2n) is 8.53. The van der Waals surface area contributed by atoms with Crippen molar-refractivity contribution in [3.63, 3.8) is 0 Å². The summed E-state index contributed by atoms with van der Waals surface area (Å²) in [5.41, 5.74) is 1.57. The summed E-state index contributed by atoms with van der Waals surface area (Å²) in [4.78, 5) is 24.7. The van der Waals surface area contributed by atoms with Crippen LogP contribution in [0.3, 0.4) is 0 Å².